The Labute approximate surface area is 199 Å². The monoisotopic (exact) mass is 491 g/mol. The molecule has 0 bridgehead atoms. The number of pyridine rings is 1. The Morgan fingerprint density at radius 3 is 2.34 bits per heavy atom. The van der Waals surface area contributed by atoms with Gasteiger partial charge in [0.05, 0.1) is 18.8 Å². The van der Waals surface area contributed by atoms with E-state index in [1.165, 1.54) is 36.5 Å². The zero-order valence-electron chi connectivity index (χ0n) is 18.9. The number of amides is 3. The highest BCUT2D eigenvalue weighted by Crippen LogP contribution is 2.43. The summed E-state index contributed by atoms with van der Waals surface area (Å²) in [6, 6.07) is 8.87. The lowest BCUT2D eigenvalue weighted by atomic mass is 9.89. The van der Waals surface area contributed by atoms with Gasteiger partial charge in [0.25, 0.3) is 5.91 Å². The number of imide groups is 1. The van der Waals surface area contributed by atoms with Crippen LogP contribution in [0.4, 0.5) is 23.8 Å². The highest BCUT2D eigenvalue weighted by molar-refractivity contribution is 6.08. The molecular weight excluding hydrogens is 467 g/mol. The van der Waals surface area contributed by atoms with Gasteiger partial charge in [-0.1, -0.05) is 30.3 Å². The number of carbonyl (C=O) groups is 3. The molecular formula is C23H24F3N5O4. The molecule has 0 radical (unpaired) electrons. The lowest BCUT2D eigenvalue weighted by molar-refractivity contribution is -0.198. The van der Waals surface area contributed by atoms with Crippen molar-refractivity contribution in [3.05, 3.63) is 59.8 Å². The van der Waals surface area contributed by atoms with Crippen LogP contribution in [0.25, 0.3) is 0 Å². The van der Waals surface area contributed by atoms with Crippen LogP contribution in [0, 0.1) is 0 Å². The molecule has 4 rings (SSSR count). The predicted octanol–water partition coefficient (Wildman–Crippen LogP) is 2.35. The molecule has 1 aromatic carbocycles. The summed E-state index contributed by atoms with van der Waals surface area (Å²) < 4.78 is 47.3. The van der Waals surface area contributed by atoms with Crippen LogP contribution in [0.3, 0.4) is 0 Å². The third kappa shape index (κ3) is 4.53. The van der Waals surface area contributed by atoms with Crippen molar-refractivity contribution in [3.8, 4) is 0 Å². The van der Waals surface area contributed by atoms with Crippen LogP contribution in [-0.2, 0) is 15.1 Å². The number of rotatable bonds is 6. The number of urea groups is 1. The number of aromatic nitrogens is 1. The first-order valence-corrected chi connectivity index (χ1v) is 11.0. The minimum absolute atomic E-state index is 0.259. The molecule has 2 aliphatic rings. The number of benzene rings is 1. The van der Waals surface area contributed by atoms with Crippen LogP contribution in [0.2, 0.25) is 0 Å². The highest BCUT2D eigenvalue weighted by Gasteiger charge is 2.68. The Balaban J connectivity index is 1.42. The van der Waals surface area contributed by atoms with Gasteiger partial charge in [-0.2, -0.15) is 13.2 Å². The van der Waals surface area contributed by atoms with E-state index in [9.17, 15) is 27.6 Å². The summed E-state index contributed by atoms with van der Waals surface area (Å²) in [6.45, 7) is 3.43. The molecule has 1 atom stereocenters. The number of ether oxygens (including phenoxy) is 1. The third-order valence-electron chi connectivity index (χ3n) is 6.03. The molecule has 35 heavy (non-hydrogen) atoms. The van der Waals surface area contributed by atoms with E-state index in [1.54, 1.807) is 24.0 Å². The van der Waals surface area contributed by atoms with Crippen LogP contribution in [-0.4, -0.2) is 78.3 Å². The molecule has 0 saturated carbocycles. The molecule has 0 aliphatic carbocycles. The van der Waals surface area contributed by atoms with Crippen molar-refractivity contribution in [2.45, 2.75) is 18.6 Å². The lowest BCUT2D eigenvalue weighted by Gasteiger charge is -2.36. The zero-order valence-corrected chi connectivity index (χ0v) is 18.9. The van der Waals surface area contributed by atoms with Crippen molar-refractivity contribution in [2.24, 2.45) is 0 Å². The minimum atomic E-state index is -5.02. The van der Waals surface area contributed by atoms with Crippen LogP contribution in [0.5, 0.6) is 0 Å². The summed E-state index contributed by atoms with van der Waals surface area (Å²) in [4.78, 5) is 45.9. The van der Waals surface area contributed by atoms with Gasteiger partial charge >= 0.3 is 18.2 Å². The number of halogens is 3. The number of piperazine rings is 1. The molecule has 1 unspecified atom stereocenters. The maximum absolute atomic E-state index is 14.1. The molecule has 2 fully saturated rings. The molecule has 1 aromatic heterocycles. The fourth-order valence-corrected chi connectivity index (χ4v) is 4.17. The van der Waals surface area contributed by atoms with E-state index in [4.69, 9.17) is 4.74 Å². The van der Waals surface area contributed by atoms with E-state index >= 15 is 0 Å². The first kappa shape index (κ1) is 24.5. The van der Waals surface area contributed by atoms with Gasteiger partial charge in [-0.15, -0.1) is 0 Å². The fourth-order valence-electron chi connectivity index (χ4n) is 4.17. The van der Waals surface area contributed by atoms with E-state index in [1.807, 2.05) is 10.2 Å². The molecule has 1 N–H and O–H groups in total. The average Bonchev–Trinajstić information content (AvgIpc) is 3.11. The number of nitrogens with zero attached hydrogens (tertiary/aromatic N) is 4. The summed E-state index contributed by atoms with van der Waals surface area (Å²) in [7, 11) is 0. The number of alkyl halides is 3. The molecule has 3 heterocycles. The quantitative estimate of drug-likeness (QED) is 0.490. The Hall–Kier alpha value is -3.67. The van der Waals surface area contributed by atoms with Crippen molar-refractivity contribution in [2.75, 3.05) is 44.4 Å². The average molecular weight is 491 g/mol. The number of hydrogen-bond donors (Lipinski definition) is 1. The Morgan fingerprint density at radius 2 is 1.77 bits per heavy atom. The predicted molar refractivity (Wildman–Crippen MR) is 118 cm³/mol. The summed E-state index contributed by atoms with van der Waals surface area (Å²) in [5, 5.41) is 1.90. The standard InChI is InChI=1S/C23H24F3N5O4/c1-2-35-19(32)16-8-9-18(27-14-16)30-12-10-29(11-13-30)15-31-20(33)22(23(24,25)26,28-21(31)34)17-6-4-3-5-7-17/h3-9,14H,2,10-13,15H2,1H3,(H,28,34). The summed E-state index contributed by atoms with van der Waals surface area (Å²) in [5.74, 6) is -1.18. The van der Waals surface area contributed by atoms with Gasteiger partial charge in [0, 0.05) is 32.4 Å². The van der Waals surface area contributed by atoms with Crippen LogP contribution >= 0.6 is 0 Å². The van der Waals surface area contributed by atoms with E-state index < -0.39 is 29.6 Å². The SMILES string of the molecule is CCOC(=O)c1ccc(N2CCN(CN3C(=O)NC(c4ccccc4)(C(F)(F)F)C3=O)CC2)nc1. The third-order valence-corrected chi connectivity index (χ3v) is 6.03. The van der Waals surface area contributed by atoms with Crippen LogP contribution < -0.4 is 10.2 Å². The van der Waals surface area contributed by atoms with Crippen molar-refractivity contribution in [1.82, 2.24) is 20.1 Å². The fraction of sp³-hybridized carbons (Fsp3) is 0.391. The van der Waals surface area contributed by atoms with E-state index in [2.05, 4.69) is 4.98 Å². The summed E-state index contributed by atoms with van der Waals surface area (Å²) in [6.07, 6.45) is -3.59. The molecule has 2 aliphatic heterocycles. The normalized spacial score (nSPS) is 21.3. The number of nitrogens with one attached hydrogen (secondary N) is 1. The number of hydrogen-bond acceptors (Lipinski definition) is 7. The molecule has 9 nitrogen and oxygen atoms in total. The zero-order chi connectivity index (χ0) is 25.2. The topological polar surface area (TPSA) is 95.1 Å². The van der Waals surface area contributed by atoms with Crippen molar-refractivity contribution in [3.63, 3.8) is 0 Å². The van der Waals surface area contributed by atoms with Crippen LogP contribution in [0.15, 0.2) is 48.7 Å². The van der Waals surface area contributed by atoms with Gasteiger partial charge in [0.2, 0.25) is 5.54 Å². The summed E-state index contributed by atoms with van der Waals surface area (Å²) >= 11 is 0. The first-order chi connectivity index (χ1) is 16.7. The lowest BCUT2D eigenvalue weighted by Crippen LogP contribution is -2.56. The van der Waals surface area contributed by atoms with Crippen molar-refractivity contribution >= 4 is 23.7 Å². The second kappa shape index (κ2) is 9.53. The maximum Gasteiger partial charge on any atom is 0.425 e. The van der Waals surface area contributed by atoms with Gasteiger partial charge in [-0.3, -0.25) is 9.69 Å². The van der Waals surface area contributed by atoms with E-state index in [0.717, 1.165) is 0 Å². The molecule has 0 spiro atoms. The van der Waals surface area contributed by atoms with E-state index in [0.29, 0.717) is 42.5 Å². The highest BCUT2D eigenvalue weighted by atomic mass is 19.4. The van der Waals surface area contributed by atoms with Gasteiger partial charge < -0.3 is 15.0 Å². The van der Waals surface area contributed by atoms with Gasteiger partial charge in [-0.05, 0) is 24.6 Å². The molecule has 3 amide bonds. The van der Waals surface area contributed by atoms with Gasteiger partial charge in [0.1, 0.15) is 5.82 Å². The molecule has 2 aromatic rings. The number of esters is 1. The second-order valence-corrected chi connectivity index (χ2v) is 8.15. The van der Waals surface area contributed by atoms with Crippen molar-refractivity contribution in [1.29, 1.82) is 0 Å². The summed E-state index contributed by atoms with van der Waals surface area (Å²) in [5.41, 5.74) is -3.12. The Kier molecular flexibility index (Phi) is 6.66. The number of anilines is 1. The Morgan fingerprint density at radius 1 is 1.09 bits per heavy atom. The number of carbonyl (C=O) groups excluding carboxylic acids is 3. The smallest absolute Gasteiger partial charge is 0.425 e. The molecule has 186 valence electrons. The van der Waals surface area contributed by atoms with E-state index in [-0.39, 0.29) is 18.8 Å². The first-order valence-electron chi connectivity index (χ1n) is 11.0. The van der Waals surface area contributed by atoms with Gasteiger partial charge in [0.15, 0.2) is 0 Å². The molecule has 2 saturated heterocycles. The van der Waals surface area contributed by atoms with Crippen LogP contribution in [0.1, 0.15) is 22.8 Å². The molecule has 12 heteroatoms. The second-order valence-electron chi connectivity index (χ2n) is 8.15. The maximum atomic E-state index is 14.1. The largest absolute Gasteiger partial charge is 0.462 e. The van der Waals surface area contributed by atoms with Gasteiger partial charge in [-0.25, -0.2) is 19.5 Å². The van der Waals surface area contributed by atoms with Crippen molar-refractivity contribution < 1.29 is 32.3 Å². The minimum Gasteiger partial charge on any atom is -0.462 e. The Bertz CT molecular complexity index is 1090.